The molecule has 60 heavy (non-hydrogen) atoms. The van der Waals surface area contributed by atoms with Crippen LogP contribution in [0.5, 0.6) is 0 Å². The van der Waals surface area contributed by atoms with Crippen LogP contribution >= 0.6 is 0 Å². The zero-order chi connectivity index (χ0) is 43.9. The molecule has 0 aliphatic heterocycles. The maximum atomic E-state index is 10.4. The summed E-state index contributed by atoms with van der Waals surface area (Å²) in [4.78, 5) is 20.9. The Morgan fingerprint density at radius 2 is 0.300 bits per heavy atom. The summed E-state index contributed by atoms with van der Waals surface area (Å²) in [6.45, 7) is 4.59. The van der Waals surface area contributed by atoms with Gasteiger partial charge in [0.1, 0.15) is 0 Å². The Labute approximate surface area is 378 Å². The summed E-state index contributed by atoms with van der Waals surface area (Å²) in [7, 11) is 0. The van der Waals surface area contributed by atoms with Gasteiger partial charge in [-0.2, -0.15) is 0 Å². The SMILES string of the molecule is CCCCCCCCCCCCCCCCCCCCCCCCCCCC(=O)O.CCCCCCCCCCCCCCCCCCCCCCCCCCCC(=O)O. The molecule has 0 rings (SSSR count). The zero-order valence-electron chi connectivity index (χ0n) is 41.5. The average molecular weight is 850 g/mol. The van der Waals surface area contributed by atoms with Gasteiger partial charge >= 0.3 is 11.9 Å². The van der Waals surface area contributed by atoms with Crippen LogP contribution in [0.3, 0.4) is 0 Å². The van der Waals surface area contributed by atoms with Crippen LogP contribution in [0.25, 0.3) is 0 Å². The fourth-order valence-corrected chi connectivity index (χ4v) is 8.83. The molecule has 0 aromatic rings. The quantitative estimate of drug-likeness (QED) is 0.0598. The molecule has 0 amide bonds. The molecule has 0 saturated heterocycles. The molecule has 0 heterocycles. The molecule has 0 aromatic heterocycles. The predicted octanol–water partition coefficient (Wildman–Crippen LogP) is 20.5. The number of rotatable bonds is 52. The van der Waals surface area contributed by atoms with E-state index in [1.54, 1.807) is 0 Å². The van der Waals surface area contributed by atoms with Crippen LogP contribution in [0, 0.1) is 0 Å². The van der Waals surface area contributed by atoms with Gasteiger partial charge in [-0.05, 0) is 12.8 Å². The van der Waals surface area contributed by atoms with Crippen molar-refractivity contribution in [2.24, 2.45) is 0 Å². The summed E-state index contributed by atoms with van der Waals surface area (Å²) in [6.07, 6.45) is 70.0. The van der Waals surface area contributed by atoms with Crippen molar-refractivity contribution in [3.05, 3.63) is 0 Å². The highest BCUT2D eigenvalue weighted by Crippen LogP contribution is 2.18. The van der Waals surface area contributed by atoms with Gasteiger partial charge in [0.15, 0.2) is 0 Å². The number of hydrogen-bond acceptors (Lipinski definition) is 2. The minimum atomic E-state index is -0.649. The van der Waals surface area contributed by atoms with E-state index in [0.717, 1.165) is 25.7 Å². The van der Waals surface area contributed by atoms with Crippen molar-refractivity contribution in [1.82, 2.24) is 0 Å². The number of unbranched alkanes of at least 4 members (excludes halogenated alkanes) is 48. The van der Waals surface area contributed by atoms with Gasteiger partial charge < -0.3 is 10.2 Å². The Hall–Kier alpha value is -1.06. The summed E-state index contributed by atoms with van der Waals surface area (Å²) < 4.78 is 0. The van der Waals surface area contributed by atoms with Crippen molar-refractivity contribution < 1.29 is 19.8 Å². The molecule has 0 aromatic carbocycles. The highest BCUT2D eigenvalue weighted by molar-refractivity contribution is 5.66. The van der Waals surface area contributed by atoms with Crippen molar-refractivity contribution in [3.8, 4) is 0 Å². The van der Waals surface area contributed by atoms with Crippen molar-refractivity contribution in [2.45, 2.75) is 348 Å². The van der Waals surface area contributed by atoms with Crippen LogP contribution < -0.4 is 0 Å². The molecular weight excluding hydrogens is 737 g/mol. The Kier molecular flexibility index (Phi) is 58.9. The molecule has 2 N–H and O–H groups in total. The Balaban J connectivity index is 0. The normalized spacial score (nSPS) is 11.2. The summed E-state index contributed by atoms with van der Waals surface area (Å²) >= 11 is 0. The minimum absolute atomic E-state index is 0.347. The molecule has 0 spiro atoms. The van der Waals surface area contributed by atoms with Crippen LogP contribution in [0.2, 0.25) is 0 Å². The Morgan fingerprint density at radius 3 is 0.400 bits per heavy atom. The summed E-state index contributed by atoms with van der Waals surface area (Å²) in [6, 6.07) is 0. The molecule has 4 heteroatoms. The van der Waals surface area contributed by atoms with Crippen molar-refractivity contribution >= 4 is 11.9 Å². The van der Waals surface area contributed by atoms with Gasteiger partial charge in [0.25, 0.3) is 0 Å². The summed E-state index contributed by atoms with van der Waals surface area (Å²) in [5, 5.41) is 17.2. The van der Waals surface area contributed by atoms with E-state index in [4.69, 9.17) is 10.2 Å². The first kappa shape index (κ1) is 61.0. The maximum Gasteiger partial charge on any atom is 0.303 e. The van der Waals surface area contributed by atoms with Crippen LogP contribution in [-0.2, 0) is 9.59 Å². The van der Waals surface area contributed by atoms with Crippen LogP contribution in [0.1, 0.15) is 348 Å². The number of carboxylic acid groups (broad SMARTS) is 2. The highest BCUT2D eigenvalue weighted by atomic mass is 16.4. The van der Waals surface area contributed by atoms with Gasteiger partial charge in [0.2, 0.25) is 0 Å². The van der Waals surface area contributed by atoms with Crippen molar-refractivity contribution in [1.29, 1.82) is 0 Å². The van der Waals surface area contributed by atoms with E-state index in [1.165, 1.54) is 295 Å². The third-order valence-electron chi connectivity index (χ3n) is 13.0. The Morgan fingerprint density at radius 1 is 0.200 bits per heavy atom. The lowest BCUT2D eigenvalue weighted by atomic mass is 10.0. The van der Waals surface area contributed by atoms with Gasteiger partial charge in [0.05, 0.1) is 0 Å². The third kappa shape index (κ3) is 63.6. The molecule has 0 radical (unpaired) electrons. The molecular formula is C56H112O4. The smallest absolute Gasteiger partial charge is 0.303 e. The molecule has 0 bridgehead atoms. The molecule has 4 nitrogen and oxygen atoms in total. The third-order valence-corrected chi connectivity index (χ3v) is 13.0. The topological polar surface area (TPSA) is 74.6 Å². The first-order chi connectivity index (χ1) is 29.5. The first-order valence-corrected chi connectivity index (χ1v) is 28.0. The molecule has 0 aliphatic rings. The monoisotopic (exact) mass is 849 g/mol. The predicted molar refractivity (Wildman–Crippen MR) is 267 cm³/mol. The fraction of sp³-hybridized carbons (Fsp3) is 0.964. The second-order valence-electron chi connectivity index (χ2n) is 19.3. The molecule has 0 unspecified atom stereocenters. The van der Waals surface area contributed by atoms with E-state index in [9.17, 15) is 9.59 Å². The van der Waals surface area contributed by atoms with Crippen LogP contribution in [-0.4, -0.2) is 22.2 Å². The van der Waals surface area contributed by atoms with E-state index in [0.29, 0.717) is 12.8 Å². The van der Waals surface area contributed by atoms with Crippen LogP contribution in [0.4, 0.5) is 0 Å². The number of carboxylic acids is 2. The minimum Gasteiger partial charge on any atom is -0.481 e. The highest BCUT2D eigenvalue weighted by Gasteiger charge is 2.00. The van der Waals surface area contributed by atoms with Crippen LogP contribution in [0.15, 0.2) is 0 Å². The largest absolute Gasteiger partial charge is 0.481 e. The molecule has 360 valence electrons. The van der Waals surface area contributed by atoms with E-state index in [2.05, 4.69) is 13.8 Å². The number of hydrogen-bond donors (Lipinski definition) is 2. The fourth-order valence-electron chi connectivity index (χ4n) is 8.83. The molecule has 0 aliphatic carbocycles. The number of carbonyl (C=O) groups is 2. The van der Waals surface area contributed by atoms with Gasteiger partial charge in [0, 0.05) is 12.8 Å². The lowest BCUT2D eigenvalue weighted by molar-refractivity contribution is -0.138. The molecule has 0 fully saturated rings. The maximum absolute atomic E-state index is 10.4. The average Bonchev–Trinajstić information content (AvgIpc) is 3.23. The van der Waals surface area contributed by atoms with E-state index in [1.807, 2.05) is 0 Å². The Bertz CT molecular complexity index is 717. The second-order valence-corrected chi connectivity index (χ2v) is 19.3. The van der Waals surface area contributed by atoms with Crippen molar-refractivity contribution in [2.75, 3.05) is 0 Å². The van der Waals surface area contributed by atoms with Gasteiger partial charge in [-0.3, -0.25) is 9.59 Å². The standard InChI is InChI=1S/2C28H56O2/c2*1-2-3-4-5-6-7-8-9-10-11-12-13-14-15-16-17-18-19-20-21-22-23-24-25-26-27-28(29)30/h2*2-27H2,1H3,(H,29,30). The number of aliphatic carboxylic acids is 2. The lowest BCUT2D eigenvalue weighted by Crippen LogP contribution is -1.93. The van der Waals surface area contributed by atoms with Gasteiger partial charge in [-0.25, -0.2) is 0 Å². The lowest BCUT2D eigenvalue weighted by Gasteiger charge is -2.04. The van der Waals surface area contributed by atoms with E-state index >= 15 is 0 Å². The van der Waals surface area contributed by atoms with E-state index < -0.39 is 11.9 Å². The first-order valence-electron chi connectivity index (χ1n) is 28.0. The molecule has 0 saturated carbocycles. The summed E-state index contributed by atoms with van der Waals surface area (Å²) in [5.74, 6) is -1.30. The van der Waals surface area contributed by atoms with Gasteiger partial charge in [-0.1, -0.05) is 322 Å². The van der Waals surface area contributed by atoms with Crippen molar-refractivity contribution in [3.63, 3.8) is 0 Å². The second kappa shape index (κ2) is 57.9. The summed E-state index contributed by atoms with van der Waals surface area (Å²) in [5.41, 5.74) is 0. The van der Waals surface area contributed by atoms with Gasteiger partial charge in [-0.15, -0.1) is 0 Å². The molecule has 0 atom stereocenters. The zero-order valence-corrected chi connectivity index (χ0v) is 41.5. The van der Waals surface area contributed by atoms with E-state index in [-0.39, 0.29) is 0 Å².